The van der Waals surface area contributed by atoms with Crippen LogP contribution in [0.25, 0.3) is 0 Å². The van der Waals surface area contributed by atoms with Crippen LogP contribution in [0.1, 0.15) is 59.9 Å². The van der Waals surface area contributed by atoms with E-state index in [1.165, 1.54) is 0 Å². The summed E-state index contributed by atoms with van der Waals surface area (Å²) in [5.41, 5.74) is 2.20. The second kappa shape index (κ2) is 9.98. The van der Waals surface area contributed by atoms with Gasteiger partial charge >= 0.3 is 5.97 Å². The molecule has 1 saturated heterocycles. The number of amides is 1. The van der Waals surface area contributed by atoms with E-state index in [1.54, 1.807) is 48.4 Å². The van der Waals surface area contributed by atoms with E-state index in [-0.39, 0.29) is 29.6 Å². The summed E-state index contributed by atoms with van der Waals surface area (Å²) in [6.45, 7) is 6.97. The zero-order chi connectivity index (χ0) is 23.3. The molecule has 0 radical (unpaired) electrons. The van der Waals surface area contributed by atoms with E-state index in [2.05, 4.69) is 20.8 Å². The highest BCUT2D eigenvalue weighted by Gasteiger charge is 2.28. The van der Waals surface area contributed by atoms with Gasteiger partial charge in [-0.05, 0) is 60.2 Å². The second-order valence-electron chi connectivity index (χ2n) is 9.15. The number of piperidine rings is 1. The molecule has 0 spiro atoms. The summed E-state index contributed by atoms with van der Waals surface area (Å²) in [6.07, 6.45) is 1.19. The van der Waals surface area contributed by atoms with Crippen molar-refractivity contribution in [3.63, 3.8) is 0 Å². The van der Waals surface area contributed by atoms with Gasteiger partial charge in [-0.2, -0.15) is 0 Å². The summed E-state index contributed by atoms with van der Waals surface area (Å²) in [6, 6.07) is 14.4. The van der Waals surface area contributed by atoms with Crippen LogP contribution < -0.4 is 4.74 Å². The Balaban J connectivity index is 1.47. The summed E-state index contributed by atoms with van der Waals surface area (Å²) in [5.74, 6) is -0.0637. The Morgan fingerprint density at radius 2 is 1.47 bits per heavy atom. The normalized spacial score (nSPS) is 14.7. The average molecular weight is 438 g/mol. The van der Waals surface area contributed by atoms with Gasteiger partial charge in [0.2, 0.25) is 0 Å². The number of carbonyl (C=O) groups is 3. The summed E-state index contributed by atoms with van der Waals surface area (Å²) >= 11 is 0. The molecule has 2 aromatic rings. The minimum Gasteiger partial charge on any atom is -0.497 e. The van der Waals surface area contributed by atoms with E-state index in [1.807, 2.05) is 12.1 Å². The van der Waals surface area contributed by atoms with Crippen molar-refractivity contribution >= 4 is 17.7 Å². The van der Waals surface area contributed by atoms with Gasteiger partial charge in [-0.1, -0.05) is 32.9 Å². The average Bonchev–Trinajstić information content (AvgIpc) is 2.81. The number of esters is 1. The van der Waals surface area contributed by atoms with Crippen molar-refractivity contribution in [3.8, 4) is 5.75 Å². The van der Waals surface area contributed by atoms with Crippen molar-refractivity contribution in [2.24, 2.45) is 5.92 Å². The molecule has 170 valence electrons. The van der Waals surface area contributed by atoms with Gasteiger partial charge in [-0.25, -0.2) is 4.79 Å². The molecule has 0 atom stereocenters. The van der Waals surface area contributed by atoms with E-state index in [4.69, 9.17) is 9.47 Å². The molecule has 1 heterocycles. The molecule has 0 saturated carbocycles. The van der Waals surface area contributed by atoms with E-state index >= 15 is 0 Å². The van der Waals surface area contributed by atoms with Gasteiger partial charge in [0.1, 0.15) is 5.75 Å². The van der Waals surface area contributed by atoms with Crippen molar-refractivity contribution < 1.29 is 23.9 Å². The Labute approximate surface area is 189 Å². The molecule has 0 aliphatic carbocycles. The standard InChI is InChI=1S/C26H31NO5/c1-26(2,3)21-9-5-20(6-10-21)25(30)32-17-23(28)27-15-13-19(14-16-27)24(29)18-7-11-22(31-4)12-8-18/h5-12,19H,13-17H2,1-4H3. The Hall–Kier alpha value is -3.15. The van der Waals surface area contributed by atoms with Crippen LogP contribution in [0.4, 0.5) is 0 Å². The first kappa shape index (κ1) is 23.5. The molecule has 1 aliphatic heterocycles. The van der Waals surface area contributed by atoms with Crippen molar-refractivity contribution in [3.05, 3.63) is 65.2 Å². The number of hydrogen-bond acceptors (Lipinski definition) is 5. The third-order valence-corrected chi connectivity index (χ3v) is 5.91. The molecule has 1 aliphatic rings. The molecule has 32 heavy (non-hydrogen) atoms. The Morgan fingerprint density at radius 1 is 0.906 bits per heavy atom. The monoisotopic (exact) mass is 437 g/mol. The zero-order valence-electron chi connectivity index (χ0n) is 19.2. The number of hydrogen-bond donors (Lipinski definition) is 0. The predicted molar refractivity (Wildman–Crippen MR) is 122 cm³/mol. The first-order valence-corrected chi connectivity index (χ1v) is 10.9. The molecule has 6 nitrogen and oxygen atoms in total. The van der Waals surface area contributed by atoms with Crippen molar-refractivity contribution in [1.82, 2.24) is 4.90 Å². The van der Waals surface area contributed by atoms with Crippen LogP contribution in [0.2, 0.25) is 0 Å². The molecular formula is C26H31NO5. The third kappa shape index (κ3) is 5.75. The molecule has 1 amide bonds. The first-order valence-electron chi connectivity index (χ1n) is 10.9. The number of methoxy groups -OCH3 is 1. The van der Waals surface area contributed by atoms with Gasteiger partial charge < -0.3 is 14.4 Å². The maximum absolute atomic E-state index is 12.7. The van der Waals surface area contributed by atoms with E-state index < -0.39 is 5.97 Å². The van der Waals surface area contributed by atoms with Crippen LogP contribution in [0.15, 0.2) is 48.5 Å². The minimum absolute atomic E-state index is 0.000714. The maximum Gasteiger partial charge on any atom is 0.338 e. The highest BCUT2D eigenvalue weighted by atomic mass is 16.5. The van der Waals surface area contributed by atoms with Crippen LogP contribution in [0, 0.1) is 5.92 Å². The lowest BCUT2D eigenvalue weighted by molar-refractivity contribution is -0.135. The number of rotatable bonds is 6. The van der Waals surface area contributed by atoms with E-state index in [0.29, 0.717) is 42.8 Å². The van der Waals surface area contributed by atoms with Crippen LogP contribution in [0.3, 0.4) is 0 Å². The molecule has 0 bridgehead atoms. The number of likely N-dealkylation sites (tertiary alicyclic amines) is 1. The van der Waals surface area contributed by atoms with Crippen LogP contribution in [-0.4, -0.2) is 49.4 Å². The Morgan fingerprint density at radius 3 is 2.00 bits per heavy atom. The number of carbonyl (C=O) groups excluding carboxylic acids is 3. The van der Waals surface area contributed by atoms with Crippen LogP contribution in [-0.2, 0) is 14.9 Å². The largest absolute Gasteiger partial charge is 0.497 e. The third-order valence-electron chi connectivity index (χ3n) is 5.91. The first-order chi connectivity index (χ1) is 15.2. The smallest absolute Gasteiger partial charge is 0.338 e. The number of nitrogens with zero attached hydrogens (tertiary/aromatic N) is 1. The van der Waals surface area contributed by atoms with Crippen LogP contribution >= 0.6 is 0 Å². The maximum atomic E-state index is 12.7. The van der Waals surface area contributed by atoms with E-state index in [9.17, 15) is 14.4 Å². The summed E-state index contributed by atoms with van der Waals surface area (Å²) in [5, 5.41) is 0. The van der Waals surface area contributed by atoms with E-state index in [0.717, 1.165) is 5.56 Å². The van der Waals surface area contributed by atoms with Crippen molar-refractivity contribution in [2.75, 3.05) is 26.8 Å². The van der Waals surface area contributed by atoms with Gasteiger partial charge in [0.25, 0.3) is 5.91 Å². The van der Waals surface area contributed by atoms with Gasteiger partial charge in [-0.3, -0.25) is 9.59 Å². The van der Waals surface area contributed by atoms with Crippen molar-refractivity contribution in [1.29, 1.82) is 0 Å². The fraction of sp³-hybridized carbons (Fsp3) is 0.423. The van der Waals surface area contributed by atoms with Crippen molar-refractivity contribution in [2.45, 2.75) is 39.0 Å². The number of ether oxygens (including phenoxy) is 2. The fourth-order valence-electron chi connectivity index (χ4n) is 3.79. The molecule has 0 N–H and O–H groups in total. The molecular weight excluding hydrogens is 406 g/mol. The van der Waals surface area contributed by atoms with Gasteiger partial charge in [0.15, 0.2) is 12.4 Å². The predicted octanol–water partition coefficient (Wildman–Crippen LogP) is 4.27. The number of benzene rings is 2. The van der Waals surface area contributed by atoms with Gasteiger partial charge in [0, 0.05) is 24.6 Å². The lowest BCUT2D eigenvalue weighted by atomic mass is 9.87. The molecule has 1 fully saturated rings. The highest BCUT2D eigenvalue weighted by molar-refractivity contribution is 5.98. The summed E-state index contributed by atoms with van der Waals surface area (Å²) in [4.78, 5) is 39.2. The molecule has 0 unspecified atom stereocenters. The minimum atomic E-state index is -0.511. The topological polar surface area (TPSA) is 72.9 Å². The summed E-state index contributed by atoms with van der Waals surface area (Å²) < 4.78 is 10.4. The van der Waals surface area contributed by atoms with Crippen LogP contribution in [0.5, 0.6) is 5.75 Å². The van der Waals surface area contributed by atoms with Gasteiger partial charge in [0.05, 0.1) is 12.7 Å². The molecule has 0 aromatic heterocycles. The molecule has 3 rings (SSSR count). The molecule has 2 aromatic carbocycles. The Bertz CT molecular complexity index is 949. The second-order valence-corrected chi connectivity index (χ2v) is 9.15. The Kier molecular flexibility index (Phi) is 7.33. The summed E-state index contributed by atoms with van der Waals surface area (Å²) in [7, 11) is 1.59. The number of ketones is 1. The zero-order valence-corrected chi connectivity index (χ0v) is 19.2. The highest BCUT2D eigenvalue weighted by Crippen LogP contribution is 2.24. The molecule has 6 heteroatoms. The number of Topliss-reactive ketones (excluding diaryl/α,β-unsaturated/α-hetero) is 1. The SMILES string of the molecule is COc1ccc(C(=O)C2CCN(C(=O)COC(=O)c3ccc(C(C)(C)C)cc3)CC2)cc1. The van der Waals surface area contributed by atoms with Gasteiger partial charge in [-0.15, -0.1) is 0 Å². The quantitative estimate of drug-likeness (QED) is 0.498. The lowest BCUT2D eigenvalue weighted by Gasteiger charge is -2.31. The fourth-order valence-corrected chi connectivity index (χ4v) is 3.79. The lowest BCUT2D eigenvalue weighted by Crippen LogP contribution is -2.42.